The molecule has 0 aliphatic carbocycles. The van der Waals surface area contributed by atoms with Crippen LogP contribution in [0.5, 0.6) is 0 Å². The van der Waals surface area contributed by atoms with E-state index in [0.29, 0.717) is 12.2 Å². The van der Waals surface area contributed by atoms with Crippen LogP contribution in [0.1, 0.15) is 11.7 Å². The van der Waals surface area contributed by atoms with Gasteiger partial charge in [0.1, 0.15) is 5.82 Å². The predicted octanol–water partition coefficient (Wildman–Crippen LogP) is 2.92. The molecule has 1 rings (SSSR count). The molecular weight excluding hydrogens is 277 g/mol. The maximum atomic E-state index is 12.7. The quantitative estimate of drug-likeness (QED) is 0.794. The van der Waals surface area contributed by atoms with Crippen molar-refractivity contribution >= 4 is 14.2 Å². The van der Waals surface area contributed by atoms with E-state index in [2.05, 4.69) is 25.0 Å². The second-order valence-corrected chi connectivity index (χ2v) is 11.5. The first-order valence-electron chi connectivity index (χ1n) is 6.62. The normalized spacial score (nSPS) is 12.8. The first-order chi connectivity index (χ1) is 9.28. The van der Waals surface area contributed by atoms with Crippen molar-refractivity contribution < 1.29 is 19.0 Å². The average Bonchev–Trinajstić information content (AvgIpc) is 2.35. The summed E-state index contributed by atoms with van der Waals surface area (Å²) in [6.07, 6.45) is -1.41. The molecule has 0 saturated heterocycles. The smallest absolute Gasteiger partial charge is 0.407 e. The maximum absolute atomic E-state index is 12.7. The molecule has 0 aliphatic heterocycles. The first-order valence-corrected chi connectivity index (χ1v) is 10.3. The van der Waals surface area contributed by atoms with Gasteiger partial charge in [0, 0.05) is 8.07 Å². The van der Waals surface area contributed by atoms with Crippen molar-refractivity contribution in [1.29, 1.82) is 0 Å². The number of aliphatic hydroxyl groups is 1. The molecule has 20 heavy (non-hydrogen) atoms. The number of alkyl carbamates (subject to hydrolysis) is 1. The zero-order chi connectivity index (χ0) is 15.2. The summed E-state index contributed by atoms with van der Waals surface area (Å²) in [5, 5.41) is 12.3. The van der Waals surface area contributed by atoms with E-state index in [1.807, 2.05) is 0 Å². The van der Waals surface area contributed by atoms with Gasteiger partial charge in [0.2, 0.25) is 0 Å². The molecule has 0 heterocycles. The second kappa shape index (κ2) is 7.40. The van der Waals surface area contributed by atoms with Crippen LogP contribution in [-0.4, -0.2) is 32.4 Å². The van der Waals surface area contributed by atoms with E-state index >= 15 is 0 Å². The lowest BCUT2D eigenvalue weighted by Crippen LogP contribution is -2.30. The molecule has 0 spiro atoms. The minimum absolute atomic E-state index is 0.0391. The Morgan fingerprint density at radius 1 is 1.35 bits per heavy atom. The van der Waals surface area contributed by atoms with Gasteiger partial charge < -0.3 is 15.2 Å². The third-order valence-corrected chi connectivity index (χ3v) is 4.48. The summed E-state index contributed by atoms with van der Waals surface area (Å²) in [4.78, 5) is 11.4. The molecule has 0 aromatic heterocycles. The summed E-state index contributed by atoms with van der Waals surface area (Å²) < 4.78 is 17.8. The molecule has 0 radical (unpaired) electrons. The van der Waals surface area contributed by atoms with Gasteiger partial charge in [-0.15, -0.1) is 0 Å². The van der Waals surface area contributed by atoms with Gasteiger partial charge in [-0.1, -0.05) is 31.8 Å². The number of aliphatic hydroxyl groups excluding tert-OH is 1. The molecule has 1 aromatic carbocycles. The van der Waals surface area contributed by atoms with Crippen molar-refractivity contribution in [2.45, 2.75) is 31.8 Å². The van der Waals surface area contributed by atoms with Gasteiger partial charge >= 0.3 is 6.09 Å². The van der Waals surface area contributed by atoms with Crippen LogP contribution >= 0.6 is 0 Å². The average molecular weight is 299 g/mol. The van der Waals surface area contributed by atoms with E-state index in [9.17, 15) is 14.3 Å². The molecule has 4 nitrogen and oxygen atoms in total. The Labute approximate surface area is 120 Å². The lowest BCUT2D eigenvalue weighted by molar-refractivity contribution is 0.135. The Balaban J connectivity index is 2.28. The Hall–Kier alpha value is -1.40. The molecule has 1 amide bonds. The van der Waals surface area contributed by atoms with E-state index < -0.39 is 20.3 Å². The summed E-state index contributed by atoms with van der Waals surface area (Å²) in [5.74, 6) is -0.361. The number of hydrogen-bond donors (Lipinski definition) is 2. The van der Waals surface area contributed by atoms with Gasteiger partial charge in [0.05, 0.1) is 19.3 Å². The number of carbonyl (C=O) groups excluding carboxylic acids is 1. The minimum Gasteiger partial charge on any atom is -0.450 e. The zero-order valence-corrected chi connectivity index (χ0v) is 13.1. The third kappa shape index (κ3) is 6.67. The first kappa shape index (κ1) is 16.7. The molecule has 0 fully saturated rings. The van der Waals surface area contributed by atoms with Crippen molar-refractivity contribution in [2.75, 3.05) is 13.2 Å². The van der Waals surface area contributed by atoms with Crippen LogP contribution in [0.3, 0.4) is 0 Å². The Bertz CT molecular complexity index is 431. The summed E-state index contributed by atoms with van der Waals surface area (Å²) >= 11 is 0. The van der Waals surface area contributed by atoms with Crippen LogP contribution in [0.4, 0.5) is 9.18 Å². The van der Waals surface area contributed by atoms with Crippen LogP contribution in [0, 0.1) is 5.82 Å². The fourth-order valence-corrected chi connectivity index (χ4v) is 2.20. The summed E-state index contributed by atoms with van der Waals surface area (Å²) in [5.41, 5.74) is 0.550. The fourth-order valence-electron chi connectivity index (χ4n) is 1.48. The number of ether oxygens (including phenoxy) is 1. The highest BCUT2D eigenvalue weighted by Crippen LogP contribution is 2.12. The van der Waals surface area contributed by atoms with Crippen molar-refractivity contribution in [3.63, 3.8) is 0 Å². The largest absolute Gasteiger partial charge is 0.450 e. The highest BCUT2D eigenvalue weighted by atomic mass is 28.3. The number of amides is 1. The monoisotopic (exact) mass is 299 g/mol. The Kier molecular flexibility index (Phi) is 6.16. The summed E-state index contributed by atoms with van der Waals surface area (Å²) in [6, 6.07) is 6.41. The van der Waals surface area contributed by atoms with Gasteiger partial charge in [0.25, 0.3) is 0 Å². The second-order valence-electron chi connectivity index (χ2n) is 5.89. The maximum Gasteiger partial charge on any atom is 0.407 e. The fraction of sp³-hybridized carbons (Fsp3) is 0.500. The van der Waals surface area contributed by atoms with Crippen LogP contribution < -0.4 is 5.32 Å². The molecular formula is C14H22FNO3Si. The van der Waals surface area contributed by atoms with Crippen LogP contribution in [0.25, 0.3) is 0 Å². The lowest BCUT2D eigenvalue weighted by Gasteiger charge is -2.16. The Morgan fingerprint density at radius 3 is 2.50 bits per heavy atom. The molecule has 0 saturated carbocycles. The molecule has 0 aliphatic rings. The topological polar surface area (TPSA) is 58.6 Å². The van der Waals surface area contributed by atoms with E-state index in [4.69, 9.17) is 4.74 Å². The number of carbonyl (C=O) groups is 1. The number of rotatable bonds is 6. The van der Waals surface area contributed by atoms with Crippen molar-refractivity contribution in [3.05, 3.63) is 35.6 Å². The van der Waals surface area contributed by atoms with Crippen LogP contribution in [0.15, 0.2) is 24.3 Å². The lowest BCUT2D eigenvalue weighted by atomic mass is 10.1. The highest BCUT2D eigenvalue weighted by Gasteiger charge is 2.14. The van der Waals surface area contributed by atoms with Gasteiger partial charge in [-0.2, -0.15) is 0 Å². The zero-order valence-electron chi connectivity index (χ0n) is 12.1. The molecule has 0 unspecified atom stereocenters. The Morgan fingerprint density at radius 2 is 1.95 bits per heavy atom. The van der Waals surface area contributed by atoms with Crippen LogP contribution in [0.2, 0.25) is 25.7 Å². The van der Waals surface area contributed by atoms with Gasteiger partial charge in [-0.3, -0.25) is 0 Å². The summed E-state index contributed by atoms with van der Waals surface area (Å²) in [6.45, 7) is 7.04. The van der Waals surface area contributed by atoms with E-state index in [-0.39, 0.29) is 12.4 Å². The summed E-state index contributed by atoms with van der Waals surface area (Å²) in [7, 11) is -1.22. The third-order valence-electron chi connectivity index (χ3n) is 2.78. The van der Waals surface area contributed by atoms with Gasteiger partial charge in [-0.25, -0.2) is 9.18 Å². The molecule has 6 heteroatoms. The SMILES string of the molecule is C[Si](C)(C)CCOC(=O)NC[C@H](O)c1ccc(F)cc1. The van der Waals surface area contributed by atoms with E-state index in [1.54, 1.807) is 0 Å². The van der Waals surface area contributed by atoms with Crippen LogP contribution in [-0.2, 0) is 4.74 Å². The molecule has 112 valence electrons. The van der Waals surface area contributed by atoms with Crippen molar-refractivity contribution in [2.24, 2.45) is 0 Å². The molecule has 1 aromatic rings. The highest BCUT2D eigenvalue weighted by molar-refractivity contribution is 6.76. The standard InChI is InChI=1S/C14H22FNO3Si/c1-20(2,3)9-8-19-14(18)16-10-13(17)11-4-6-12(15)7-5-11/h4-7,13,17H,8-10H2,1-3H3,(H,16,18)/t13-/m0/s1. The molecule has 0 bridgehead atoms. The van der Waals surface area contributed by atoms with E-state index in [1.165, 1.54) is 24.3 Å². The minimum atomic E-state index is -1.22. The molecule has 1 atom stereocenters. The number of halogens is 1. The molecule has 2 N–H and O–H groups in total. The number of nitrogens with one attached hydrogen (secondary N) is 1. The number of hydrogen-bond acceptors (Lipinski definition) is 3. The van der Waals surface area contributed by atoms with Crippen molar-refractivity contribution in [3.8, 4) is 0 Å². The van der Waals surface area contributed by atoms with E-state index in [0.717, 1.165) is 6.04 Å². The van der Waals surface area contributed by atoms with Gasteiger partial charge in [-0.05, 0) is 23.7 Å². The van der Waals surface area contributed by atoms with Gasteiger partial charge in [0.15, 0.2) is 0 Å². The number of benzene rings is 1. The van der Waals surface area contributed by atoms with Crippen molar-refractivity contribution in [1.82, 2.24) is 5.32 Å². The predicted molar refractivity (Wildman–Crippen MR) is 78.9 cm³/mol.